The number of anilines is 2. The second-order valence-electron chi connectivity index (χ2n) is 9.24. The van der Waals surface area contributed by atoms with Crippen LogP contribution in [0.1, 0.15) is 25.0 Å². The van der Waals surface area contributed by atoms with E-state index in [1.807, 2.05) is 0 Å². The predicted octanol–water partition coefficient (Wildman–Crippen LogP) is 2.75. The van der Waals surface area contributed by atoms with Crippen LogP contribution in [0.15, 0.2) is 30.3 Å². The van der Waals surface area contributed by atoms with E-state index in [-0.39, 0.29) is 12.1 Å². The van der Waals surface area contributed by atoms with E-state index in [9.17, 15) is 0 Å². The molecule has 0 saturated carbocycles. The highest BCUT2D eigenvalue weighted by atomic mass is 16.5. The third-order valence-electron chi connectivity index (χ3n) is 6.92. The highest BCUT2D eigenvalue weighted by Crippen LogP contribution is 2.32. The van der Waals surface area contributed by atoms with E-state index < -0.39 is 0 Å². The van der Waals surface area contributed by atoms with Gasteiger partial charge in [0, 0.05) is 31.7 Å². The molecule has 3 aromatic rings. The number of aromatic nitrogens is 3. The number of benzene rings is 1. The molecule has 2 fully saturated rings. The first-order valence-corrected chi connectivity index (χ1v) is 11.9. The maximum absolute atomic E-state index is 5.69. The van der Waals surface area contributed by atoms with Crippen molar-refractivity contribution in [1.82, 2.24) is 20.3 Å². The minimum absolute atomic E-state index is 0.221. The Morgan fingerprint density at radius 1 is 0.848 bits per heavy atom. The van der Waals surface area contributed by atoms with Crippen LogP contribution in [0, 0.1) is 0 Å². The third-order valence-corrected chi connectivity index (χ3v) is 6.92. The number of nitrogens with zero attached hydrogens (tertiary/aromatic N) is 5. The van der Waals surface area contributed by atoms with Gasteiger partial charge in [-0.25, -0.2) is 4.98 Å². The van der Waals surface area contributed by atoms with Gasteiger partial charge in [-0.2, -0.15) is 9.97 Å². The number of pyridine rings is 1. The molecule has 0 bridgehead atoms. The summed E-state index contributed by atoms with van der Waals surface area (Å²) in [5.41, 5.74) is 5.53. The van der Waals surface area contributed by atoms with Crippen LogP contribution in [0.5, 0.6) is 0 Å². The summed E-state index contributed by atoms with van der Waals surface area (Å²) in [7, 11) is 0. The van der Waals surface area contributed by atoms with E-state index in [0.29, 0.717) is 26.4 Å². The van der Waals surface area contributed by atoms with Gasteiger partial charge in [0.25, 0.3) is 0 Å². The molecule has 2 aromatic heterocycles. The molecular formula is C25H30N6O2. The Labute approximate surface area is 193 Å². The van der Waals surface area contributed by atoms with E-state index in [1.165, 1.54) is 11.1 Å². The molecule has 6 rings (SSSR count). The number of fused-ring (bicyclic) bond motifs is 2. The number of rotatable bonds is 3. The number of hydrogen-bond acceptors (Lipinski definition) is 8. The zero-order valence-electron chi connectivity index (χ0n) is 19.3. The predicted molar refractivity (Wildman–Crippen MR) is 129 cm³/mol. The molecule has 8 nitrogen and oxygen atoms in total. The molecule has 33 heavy (non-hydrogen) atoms. The zero-order chi connectivity index (χ0) is 22.4. The first-order chi connectivity index (χ1) is 16.2. The van der Waals surface area contributed by atoms with Crippen molar-refractivity contribution in [3.05, 3.63) is 41.5 Å². The van der Waals surface area contributed by atoms with Gasteiger partial charge in [0.15, 0.2) is 5.65 Å². The van der Waals surface area contributed by atoms with Crippen molar-refractivity contribution in [2.24, 2.45) is 0 Å². The Morgan fingerprint density at radius 3 is 2.39 bits per heavy atom. The lowest BCUT2D eigenvalue weighted by atomic mass is 10.0. The minimum Gasteiger partial charge on any atom is -0.377 e. The maximum Gasteiger partial charge on any atom is 0.229 e. The van der Waals surface area contributed by atoms with Gasteiger partial charge in [-0.3, -0.25) is 0 Å². The molecule has 2 atom stereocenters. The Bertz CT molecular complexity index is 1190. The Kier molecular flexibility index (Phi) is 5.36. The van der Waals surface area contributed by atoms with Gasteiger partial charge in [0.2, 0.25) is 5.95 Å². The van der Waals surface area contributed by atoms with E-state index >= 15 is 0 Å². The molecule has 0 aliphatic carbocycles. The highest BCUT2D eigenvalue weighted by Gasteiger charge is 2.27. The molecule has 8 heteroatoms. The van der Waals surface area contributed by atoms with Crippen molar-refractivity contribution in [2.75, 3.05) is 49.3 Å². The number of hydrogen-bond donors (Lipinski definition) is 1. The number of ether oxygens (including phenoxy) is 2. The van der Waals surface area contributed by atoms with Crippen molar-refractivity contribution < 1.29 is 9.47 Å². The van der Waals surface area contributed by atoms with Crippen LogP contribution in [-0.4, -0.2) is 66.6 Å². The van der Waals surface area contributed by atoms with Gasteiger partial charge < -0.3 is 24.6 Å². The molecule has 2 unspecified atom stereocenters. The summed E-state index contributed by atoms with van der Waals surface area (Å²) in [6, 6.07) is 11.3. The van der Waals surface area contributed by atoms with Crippen molar-refractivity contribution in [2.45, 2.75) is 39.0 Å². The van der Waals surface area contributed by atoms with Crippen LogP contribution >= 0.6 is 0 Å². The summed E-state index contributed by atoms with van der Waals surface area (Å²) in [6.07, 6.45) is 0. The monoisotopic (exact) mass is 446 g/mol. The second-order valence-corrected chi connectivity index (χ2v) is 9.24. The lowest BCUT2D eigenvalue weighted by molar-refractivity contribution is 0.0973. The van der Waals surface area contributed by atoms with Crippen molar-refractivity contribution in [3.8, 4) is 11.3 Å². The number of nitrogens with one attached hydrogen (secondary N) is 1. The van der Waals surface area contributed by atoms with Gasteiger partial charge in [-0.1, -0.05) is 12.1 Å². The molecule has 172 valence electrons. The van der Waals surface area contributed by atoms with Crippen LogP contribution in [0.4, 0.5) is 11.8 Å². The van der Waals surface area contributed by atoms with Gasteiger partial charge in [0.05, 0.1) is 49.6 Å². The summed E-state index contributed by atoms with van der Waals surface area (Å²) >= 11 is 0. The van der Waals surface area contributed by atoms with E-state index in [2.05, 4.69) is 59.3 Å². The molecule has 0 amide bonds. The minimum atomic E-state index is 0.221. The van der Waals surface area contributed by atoms with Crippen LogP contribution in [-0.2, 0) is 22.6 Å². The fourth-order valence-corrected chi connectivity index (χ4v) is 5.01. The first kappa shape index (κ1) is 20.8. The van der Waals surface area contributed by atoms with Gasteiger partial charge in [-0.05, 0) is 43.2 Å². The van der Waals surface area contributed by atoms with Crippen molar-refractivity contribution in [3.63, 3.8) is 0 Å². The molecule has 3 aliphatic rings. The quantitative estimate of drug-likeness (QED) is 0.658. The summed E-state index contributed by atoms with van der Waals surface area (Å²) in [5.74, 6) is 1.68. The average Bonchev–Trinajstić information content (AvgIpc) is 3.32. The van der Waals surface area contributed by atoms with Crippen molar-refractivity contribution in [1.29, 1.82) is 0 Å². The van der Waals surface area contributed by atoms with Crippen LogP contribution in [0.25, 0.3) is 22.3 Å². The summed E-state index contributed by atoms with van der Waals surface area (Å²) in [6.45, 7) is 10.6. The smallest absolute Gasteiger partial charge is 0.229 e. The van der Waals surface area contributed by atoms with E-state index in [1.54, 1.807) is 0 Å². The fraction of sp³-hybridized carbons (Fsp3) is 0.480. The van der Waals surface area contributed by atoms with Crippen LogP contribution < -0.4 is 15.1 Å². The van der Waals surface area contributed by atoms with E-state index in [4.69, 9.17) is 24.4 Å². The van der Waals surface area contributed by atoms with Crippen LogP contribution in [0.2, 0.25) is 0 Å². The maximum atomic E-state index is 5.69. The molecule has 2 saturated heterocycles. The molecule has 0 spiro atoms. The molecule has 5 heterocycles. The van der Waals surface area contributed by atoms with Gasteiger partial charge in [-0.15, -0.1) is 0 Å². The van der Waals surface area contributed by atoms with Crippen molar-refractivity contribution >= 4 is 22.8 Å². The Hall–Kier alpha value is -2.81. The van der Waals surface area contributed by atoms with Gasteiger partial charge >= 0.3 is 0 Å². The molecule has 1 N–H and O–H groups in total. The second kappa shape index (κ2) is 8.52. The zero-order valence-corrected chi connectivity index (χ0v) is 19.3. The lowest BCUT2D eigenvalue weighted by Gasteiger charge is -2.37. The highest BCUT2D eigenvalue weighted by molar-refractivity contribution is 5.90. The Morgan fingerprint density at radius 2 is 1.61 bits per heavy atom. The Balaban J connectivity index is 1.48. The molecule has 1 aromatic carbocycles. The van der Waals surface area contributed by atoms with Gasteiger partial charge in [0.1, 0.15) is 5.82 Å². The normalized spacial score (nSPS) is 23.2. The SMILES string of the molecule is CC1COCCN1c1nc(N2CCOCC2C)c2ccc(-c3ccc4c(c3)CNC4)nc2n1. The third kappa shape index (κ3) is 3.82. The summed E-state index contributed by atoms with van der Waals surface area (Å²) in [5, 5.41) is 4.41. The van der Waals surface area contributed by atoms with E-state index in [0.717, 1.165) is 60.2 Å². The first-order valence-electron chi connectivity index (χ1n) is 11.9. The standard InChI is InChI=1S/C25H30N6O2/c1-16-14-32-9-7-30(16)24-21-5-6-22(18-3-4-19-12-26-13-20(19)11-18)27-23(21)28-25(29-24)31-8-10-33-15-17(31)2/h3-6,11,16-17,26H,7-10,12-15H2,1-2H3. The van der Waals surface area contributed by atoms with Crippen LogP contribution in [0.3, 0.4) is 0 Å². The lowest BCUT2D eigenvalue weighted by Crippen LogP contribution is -2.46. The topological polar surface area (TPSA) is 75.6 Å². The molecular weight excluding hydrogens is 416 g/mol. The average molecular weight is 447 g/mol. The fourth-order valence-electron chi connectivity index (χ4n) is 5.01. The summed E-state index contributed by atoms with van der Waals surface area (Å²) in [4.78, 5) is 19.7. The summed E-state index contributed by atoms with van der Waals surface area (Å²) < 4.78 is 11.3. The molecule has 0 radical (unpaired) electrons. The number of morpholine rings is 2. The molecule has 3 aliphatic heterocycles. The largest absolute Gasteiger partial charge is 0.377 e.